The molecule has 0 saturated carbocycles. The van der Waals surface area contributed by atoms with Crippen LogP contribution in [0.15, 0.2) is 146 Å². The Morgan fingerprint density at radius 3 is 1.60 bits per heavy atom. The van der Waals surface area contributed by atoms with Crippen molar-refractivity contribution in [2.45, 2.75) is 19.3 Å². The third-order valence-corrected chi connectivity index (χ3v) is 8.87. The average Bonchev–Trinajstić information content (AvgIpc) is 3.31. The summed E-state index contributed by atoms with van der Waals surface area (Å²) in [7, 11) is 0. The summed E-state index contributed by atoms with van der Waals surface area (Å²) in [4.78, 5) is 10.5. The van der Waals surface area contributed by atoms with Crippen molar-refractivity contribution in [1.82, 2.24) is 9.97 Å². The van der Waals surface area contributed by atoms with E-state index in [0.717, 1.165) is 33.9 Å². The first-order valence-electron chi connectivity index (χ1n) is 14.9. The lowest BCUT2D eigenvalue weighted by atomic mass is 9.78. The Bertz CT molecular complexity index is 2070. The van der Waals surface area contributed by atoms with Gasteiger partial charge in [-0.3, -0.25) is 0 Å². The van der Waals surface area contributed by atoms with Gasteiger partial charge < -0.3 is 0 Å². The van der Waals surface area contributed by atoms with Crippen LogP contribution in [0.4, 0.5) is 0 Å². The highest BCUT2D eigenvalue weighted by Crippen LogP contribution is 2.54. The second-order valence-electron chi connectivity index (χ2n) is 11.8. The van der Waals surface area contributed by atoms with E-state index in [1.165, 1.54) is 44.2 Å². The quantitative estimate of drug-likeness (QED) is 0.218. The maximum atomic E-state index is 5.26. The van der Waals surface area contributed by atoms with Crippen LogP contribution in [-0.2, 0) is 5.41 Å². The molecule has 1 aliphatic rings. The van der Waals surface area contributed by atoms with Crippen molar-refractivity contribution in [3.05, 3.63) is 157 Å². The van der Waals surface area contributed by atoms with Gasteiger partial charge in [0.2, 0.25) is 0 Å². The van der Waals surface area contributed by atoms with Crippen LogP contribution < -0.4 is 0 Å². The first kappa shape index (κ1) is 25.4. The molecule has 8 rings (SSSR count). The lowest BCUT2D eigenvalue weighted by Gasteiger charge is -2.25. The zero-order valence-electron chi connectivity index (χ0n) is 24.3. The zero-order chi connectivity index (χ0) is 29.0. The van der Waals surface area contributed by atoms with E-state index in [2.05, 4.69) is 147 Å². The molecular formula is C41H30N2. The van der Waals surface area contributed by atoms with E-state index < -0.39 is 0 Å². The van der Waals surface area contributed by atoms with Crippen molar-refractivity contribution < 1.29 is 0 Å². The van der Waals surface area contributed by atoms with Crippen LogP contribution >= 0.6 is 0 Å². The second-order valence-corrected chi connectivity index (χ2v) is 11.8. The predicted octanol–water partition coefficient (Wildman–Crippen LogP) is 10.6. The van der Waals surface area contributed by atoms with E-state index in [0.29, 0.717) is 0 Å². The third kappa shape index (κ3) is 4.10. The van der Waals surface area contributed by atoms with Crippen molar-refractivity contribution in [2.24, 2.45) is 0 Å². The largest absolute Gasteiger partial charge is 0.228 e. The number of nitrogens with zero attached hydrogens (tertiary/aromatic N) is 2. The lowest BCUT2D eigenvalue weighted by molar-refractivity contribution is 0.666. The van der Waals surface area contributed by atoms with Crippen LogP contribution in [0.25, 0.3) is 66.9 Å². The average molecular weight is 551 g/mol. The molecule has 7 aromatic rings. The van der Waals surface area contributed by atoms with Gasteiger partial charge in [0, 0.05) is 22.1 Å². The summed E-state index contributed by atoms with van der Waals surface area (Å²) >= 11 is 0. The van der Waals surface area contributed by atoms with Gasteiger partial charge in [-0.25, -0.2) is 9.97 Å². The highest BCUT2D eigenvalue weighted by Gasteiger charge is 2.38. The van der Waals surface area contributed by atoms with Crippen LogP contribution in [0.5, 0.6) is 0 Å². The van der Waals surface area contributed by atoms with Crippen molar-refractivity contribution >= 4 is 10.8 Å². The molecule has 6 aromatic carbocycles. The molecule has 0 saturated heterocycles. The van der Waals surface area contributed by atoms with Crippen LogP contribution in [0.2, 0.25) is 0 Å². The van der Waals surface area contributed by atoms with Crippen LogP contribution in [-0.4, -0.2) is 9.97 Å². The number of fused-ring (bicyclic) bond motifs is 5. The molecule has 1 aromatic heterocycles. The molecule has 1 heterocycles. The number of rotatable bonds is 4. The van der Waals surface area contributed by atoms with Gasteiger partial charge in [-0.2, -0.15) is 0 Å². The number of hydrogen-bond donors (Lipinski definition) is 0. The van der Waals surface area contributed by atoms with E-state index in [1.807, 2.05) is 12.1 Å². The highest BCUT2D eigenvalue weighted by molar-refractivity contribution is 6.11. The molecule has 43 heavy (non-hydrogen) atoms. The first-order valence-corrected chi connectivity index (χ1v) is 14.9. The van der Waals surface area contributed by atoms with E-state index >= 15 is 0 Å². The minimum atomic E-state index is -0.157. The second kappa shape index (κ2) is 9.89. The molecule has 204 valence electrons. The Hall–Kier alpha value is -5.34. The molecule has 2 heteroatoms. The number of hydrogen-bond acceptors (Lipinski definition) is 2. The minimum absolute atomic E-state index is 0.157. The Kier molecular flexibility index (Phi) is 5.84. The number of aromatic nitrogens is 2. The van der Waals surface area contributed by atoms with Gasteiger partial charge >= 0.3 is 0 Å². The van der Waals surface area contributed by atoms with Crippen molar-refractivity contribution in [2.75, 3.05) is 0 Å². The van der Waals surface area contributed by atoms with Crippen molar-refractivity contribution in [1.29, 1.82) is 0 Å². The highest BCUT2D eigenvalue weighted by atomic mass is 14.9. The molecule has 0 amide bonds. The molecule has 1 aliphatic carbocycles. The minimum Gasteiger partial charge on any atom is -0.228 e. The molecule has 0 bridgehead atoms. The third-order valence-electron chi connectivity index (χ3n) is 8.87. The monoisotopic (exact) mass is 550 g/mol. The summed E-state index contributed by atoms with van der Waals surface area (Å²) in [5, 5.41) is 2.45. The molecule has 0 radical (unpaired) electrons. The van der Waals surface area contributed by atoms with Crippen LogP contribution in [0, 0.1) is 0 Å². The Morgan fingerprint density at radius 2 is 0.977 bits per heavy atom. The van der Waals surface area contributed by atoms with E-state index in [-0.39, 0.29) is 5.41 Å². The van der Waals surface area contributed by atoms with Gasteiger partial charge in [0.25, 0.3) is 0 Å². The Labute approximate surface area is 252 Å². The molecule has 0 fully saturated rings. The fourth-order valence-electron chi connectivity index (χ4n) is 6.86. The Morgan fingerprint density at radius 1 is 0.442 bits per heavy atom. The van der Waals surface area contributed by atoms with E-state index in [1.54, 1.807) is 0 Å². The van der Waals surface area contributed by atoms with Crippen molar-refractivity contribution in [3.8, 4) is 56.2 Å². The molecule has 0 aliphatic heterocycles. The van der Waals surface area contributed by atoms with Gasteiger partial charge in [-0.1, -0.05) is 147 Å². The maximum absolute atomic E-state index is 5.26. The summed E-state index contributed by atoms with van der Waals surface area (Å²) < 4.78 is 0. The SMILES string of the molecule is CC1(C)c2ccccc2-c2cc(-c3nc(-c4ccccc4)cc(-c4ccccc4)n3)c3cccc(-c4ccccc4)c3c21. The molecule has 0 N–H and O–H groups in total. The number of benzene rings is 6. The molecule has 0 unspecified atom stereocenters. The smallest absolute Gasteiger partial charge is 0.161 e. The summed E-state index contributed by atoms with van der Waals surface area (Å²) in [6.07, 6.45) is 0. The molecule has 0 spiro atoms. The maximum Gasteiger partial charge on any atom is 0.161 e. The van der Waals surface area contributed by atoms with Crippen LogP contribution in [0.1, 0.15) is 25.0 Å². The first-order chi connectivity index (χ1) is 21.1. The van der Waals surface area contributed by atoms with Crippen molar-refractivity contribution in [3.63, 3.8) is 0 Å². The topological polar surface area (TPSA) is 25.8 Å². The molecular weight excluding hydrogens is 520 g/mol. The predicted molar refractivity (Wildman–Crippen MR) is 179 cm³/mol. The van der Waals surface area contributed by atoms with E-state index in [4.69, 9.17) is 9.97 Å². The van der Waals surface area contributed by atoms with Gasteiger partial charge in [-0.15, -0.1) is 0 Å². The summed E-state index contributed by atoms with van der Waals surface area (Å²) in [6.45, 7) is 4.72. The van der Waals surface area contributed by atoms with Gasteiger partial charge in [0.15, 0.2) is 5.82 Å². The zero-order valence-corrected chi connectivity index (χ0v) is 24.3. The van der Waals surface area contributed by atoms with Gasteiger partial charge in [-0.05, 0) is 56.3 Å². The van der Waals surface area contributed by atoms with Crippen LogP contribution in [0.3, 0.4) is 0 Å². The fraction of sp³-hybridized carbons (Fsp3) is 0.0732. The summed E-state index contributed by atoms with van der Waals surface area (Å²) in [5.74, 6) is 0.736. The Balaban J connectivity index is 1.50. The molecule has 0 atom stereocenters. The molecule has 2 nitrogen and oxygen atoms in total. The lowest BCUT2D eigenvalue weighted by Crippen LogP contribution is -2.16. The normalized spacial score (nSPS) is 13.1. The van der Waals surface area contributed by atoms with E-state index in [9.17, 15) is 0 Å². The van der Waals surface area contributed by atoms with Gasteiger partial charge in [0.1, 0.15) is 0 Å². The summed E-state index contributed by atoms with van der Waals surface area (Å²) in [6, 6.07) is 51.6. The van der Waals surface area contributed by atoms with Gasteiger partial charge in [0.05, 0.1) is 11.4 Å². The standard InChI is InChI=1S/C41H30N2/c1-41(2)35-24-13-12-21-31(35)33-25-34(32-23-14-22-30(38(32)39(33)41)27-15-6-3-7-16-27)40-42-36(28-17-8-4-9-18-28)26-37(43-40)29-19-10-5-11-20-29/h3-26H,1-2H3. The summed E-state index contributed by atoms with van der Waals surface area (Å²) in [5.41, 5.74) is 12.6. The fourth-order valence-corrected chi connectivity index (χ4v) is 6.86.